The Bertz CT molecular complexity index is 858. The van der Waals surface area contributed by atoms with Gasteiger partial charge in [-0.3, -0.25) is 4.79 Å². The van der Waals surface area contributed by atoms with Crippen molar-refractivity contribution in [1.29, 1.82) is 0 Å². The van der Waals surface area contributed by atoms with Gasteiger partial charge < -0.3 is 9.64 Å². The molecule has 2 aromatic rings. The molecule has 0 aromatic carbocycles. The van der Waals surface area contributed by atoms with Gasteiger partial charge in [-0.1, -0.05) is 11.6 Å². The van der Waals surface area contributed by atoms with Crippen LogP contribution >= 0.6 is 11.6 Å². The lowest BCUT2D eigenvalue weighted by atomic mass is 10.1. The molecule has 1 aliphatic heterocycles. The lowest BCUT2D eigenvalue weighted by Crippen LogP contribution is -2.27. The van der Waals surface area contributed by atoms with Gasteiger partial charge in [0.1, 0.15) is 5.15 Å². The highest BCUT2D eigenvalue weighted by Crippen LogP contribution is 2.34. The lowest BCUT2D eigenvalue weighted by Gasteiger charge is -2.25. The minimum Gasteiger partial charge on any atom is -0.468 e. The summed E-state index contributed by atoms with van der Waals surface area (Å²) in [6, 6.07) is 2.95. The van der Waals surface area contributed by atoms with E-state index in [1.807, 2.05) is 6.92 Å². The smallest absolute Gasteiger partial charge is 0.422 e. The number of aromatic nitrogens is 2. The maximum absolute atomic E-state index is 12.6. The summed E-state index contributed by atoms with van der Waals surface area (Å²) < 4.78 is 41.5. The van der Waals surface area contributed by atoms with Gasteiger partial charge in [-0.25, -0.2) is 9.97 Å². The third-order valence-corrected chi connectivity index (χ3v) is 4.52. The van der Waals surface area contributed by atoms with Crippen molar-refractivity contribution in [3.8, 4) is 5.88 Å². The molecule has 0 saturated carbocycles. The molecule has 1 amide bonds. The first kappa shape index (κ1) is 18.4. The molecular weight excluding hydrogens is 371 g/mol. The highest BCUT2D eigenvalue weighted by Gasteiger charge is 2.33. The first-order valence-corrected chi connectivity index (χ1v) is 8.15. The van der Waals surface area contributed by atoms with Gasteiger partial charge in [-0.15, -0.1) is 0 Å². The predicted molar refractivity (Wildman–Crippen MR) is 88.1 cm³/mol. The van der Waals surface area contributed by atoms with E-state index in [9.17, 15) is 18.0 Å². The topological polar surface area (TPSA) is 55.3 Å². The molecule has 0 fully saturated rings. The van der Waals surface area contributed by atoms with E-state index in [0.29, 0.717) is 28.8 Å². The second-order valence-electron chi connectivity index (χ2n) is 6.03. The molecule has 5 nitrogen and oxygen atoms in total. The number of carbonyl (C=O) groups is 1. The highest BCUT2D eigenvalue weighted by atomic mass is 35.5. The molecule has 138 valence electrons. The number of nitrogens with zero attached hydrogens (tertiary/aromatic N) is 3. The van der Waals surface area contributed by atoms with Crippen molar-refractivity contribution in [1.82, 2.24) is 14.9 Å². The Morgan fingerprint density at radius 3 is 2.73 bits per heavy atom. The summed E-state index contributed by atoms with van der Waals surface area (Å²) in [6.45, 7) is 2.34. The number of alkyl halides is 3. The summed E-state index contributed by atoms with van der Waals surface area (Å²) in [7, 11) is 0. The number of amides is 1. The van der Waals surface area contributed by atoms with Crippen molar-refractivity contribution in [3.05, 3.63) is 51.9 Å². The molecular formula is C17H15ClF3N3O2. The van der Waals surface area contributed by atoms with Crippen LogP contribution in [-0.2, 0) is 6.54 Å². The van der Waals surface area contributed by atoms with Gasteiger partial charge in [0.2, 0.25) is 5.88 Å². The Morgan fingerprint density at radius 1 is 1.38 bits per heavy atom. The van der Waals surface area contributed by atoms with Crippen molar-refractivity contribution in [2.24, 2.45) is 0 Å². The quantitative estimate of drug-likeness (QED) is 0.744. The molecule has 0 radical (unpaired) electrons. The van der Waals surface area contributed by atoms with Gasteiger partial charge in [0, 0.05) is 29.1 Å². The average molecular weight is 386 g/mol. The van der Waals surface area contributed by atoms with Gasteiger partial charge >= 0.3 is 6.18 Å². The summed E-state index contributed by atoms with van der Waals surface area (Å²) in [4.78, 5) is 22.2. The fourth-order valence-corrected chi connectivity index (χ4v) is 3.04. The van der Waals surface area contributed by atoms with E-state index in [4.69, 9.17) is 16.3 Å². The molecule has 26 heavy (non-hydrogen) atoms. The molecule has 1 atom stereocenters. The van der Waals surface area contributed by atoms with E-state index in [-0.39, 0.29) is 23.0 Å². The van der Waals surface area contributed by atoms with Crippen molar-refractivity contribution in [2.75, 3.05) is 6.61 Å². The number of rotatable bonds is 4. The van der Waals surface area contributed by atoms with Gasteiger partial charge in [0.15, 0.2) is 6.61 Å². The Morgan fingerprint density at radius 2 is 2.12 bits per heavy atom. The van der Waals surface area contributed by atoms with Gasteiger partial charge in [0.05, 0.1) is 12.6 Å². The molecule has 3 heterocycles. The monoisotopic (exact) mass is 385 g/mol. The van der Waals surface area contributed by atoms with Crippen molar-refractivity contribution >= 4 is 17.5 Å². The zero-order chi connectivity index (χ0) is 19.1. The SMILES string of the molecule is Cc1cc(C(C)N2Cc3c(ccnc3Cl)C2=O)cnc1OCC(F)(F)F. The fourth-order valence-electron chi connectivity index (χ4n) is 2.82. The second kappa shape index (κ2) is 6.75. The number of ether oxygens (including phenoxy) is 1. The van der Waals surface area contributed by atoms with Crippen LogP contribution in [0.1, 0.15) is 40.0 Å². The van der Waals surface area contributed by atoms with Crippen molar-refractivity contribution < 1.29 is 22.7 Å². The maximum atomic E-state index is 12.6. The largest absolute Gasteiger partial charge is 0.468 e. The Hall–Kier alpha value is -2.35. The van der Waals surface area contributed by atoms with Crippen LogP contribution in [0, 0.1) is 6.92 Å². The van der Waals surface area contributed by atoms with Crippen LogP contribution in [0.5, 0.6) is 5.88 Å². The highest BCUT2D eigenvalue weighted by molar-refractivity contribution is 6.30. The number of aryl methyl sites for hydroxylation is 1. The zero-order valence-electron chi connectivity index (χ0n) is 14.0. The summed E-state index contributed by atoms with van der Waals surface area (Å²) in [5.41, 5.74) is 2.32. The Labute approximate surface area is 152 Å². The molecule has 1 aliphatic rings. The number of hydrogen-bond donors (Lipinski definition) is 0. The van der Waals surface area contributed by atoms with Gasteiger partial charge in [0.25, 0.3) is 5.91 Å². The fraction of sp³-hybridized carbons (Fsp3) is 0.353. The Kier molecular flexibility index (Phi) is 4.79. The van der Waals surface area contributed by atoms with Crippen LogP contribution in [0.25, 0.3) is 0 Å². The summed E-state index contributed by atoms with van der Waals surface area (Å²) in [6.07, 6.45) is -1.54. The summed E-state index contributed by atoms with van der Waals surface area (Å²) in [5.74, 6) is -0.256. The second-order valence-corrected chi connectivity index (χ2v) is 6.39. The zero-order valence-corrected chi connectivity index (χ0v) is 14.7. The summed E-state index contributed by atoms with van der Waals surface area (Å²) in [5, 5.41) is 0.288. The Balaban J connectivity index is 1.79. The molecule has 1 unspecified atom stereocenters. The van der Waals surface area contributed by atoms with Gasteiger partial charge in [-0.2, -0.15) is 13.2 Å². The maximum Gasteiger partial charge on any atom is 0.422 e. The van der Waals surface area contributed by atoms with E-state index in [1.54, 1.807) is 24.0 Å². The van der Waals surface area contributed by atoms with Crippen LogP contribution in [-0.4, -0.2) is 33.6 Å². The van der Waals surface area contributed by atoms with Crippen molar-refractivity contribution in [3.63, 3.8) is 0 Å². The van der Waals surface area contributed by atoms with Gasteiger partial charge in [-0.05, 0) is 31.5 Å². The molecule has 2 aromatic heterocycles. The first-order chi connectivity index (χ1) is 12.2. The predicted octanol–water partition coefficient (Wildman–Crippen LogP) is 4.10. The average Bonchev–Trinajstić information content (AvgIpc) is 2.91. The molecule has 0 saturated heterocycles. The summed E-state index contributed by atoms with van der Waals surface area (Å²) >= 11 is 6.06. The van der Waals surface area contributed by atoms with Crippen LogP contribution < -0.4 is 4.74 Å². The number of carbonyl (C=O) groups excluding carboxylic acids is 1. The standard InChI is InChI=1S/C17H15ClF3N3O2/c1-9-5-11(6-23-15(9)26-8-17(19,20)21)10(2)24-7-13-12(16(24)25)3-4-22-14(13)18/h3-6,10H,7-8H2,1-2H3. The normalized spacial score (nSPS) is 15.2. The molecule has 0 spiro atoms. The van der Waals surface area contributed by atoms with E-state index < -0.39 is 12.8 Å². The molecule has 3 rings (SSSR count). The lowest BCUT2D eigenvalue weighted by molar-refractivity contribution is -0.154. The van der Waals surface area contributed by atoms with E-state index >= 15 is 0 Å². The van der Waals surface area contributed by atoms with E-state index in [0.717, 1.165) is 0 Å². The molecule has 0 N–H and O–H groups in total. The number of halogens is 4. The third kappa shape index (κ3) is 3.60. The number of pyridine rings is 2. The minimum atomic E-state index is -4.43. The molecule has 0 bridgehead atoms. The molecule has 9 heteroatoms. The van der Waals surface area contributed by atoms with Crippen LogP contribution in [0.4, 0.5) is 13.2 Å². The van der Waals surface area contributed by atoms with E-state index in [2.05, 4.69) is 9.97 Å². The van der Waals surface area contributed by atoms with Crippen LogP contribution in [0.3, 0.4) is 0 Å². The minimum absolute atomic E-state index is 0.0819. The number of hydrogen-bond acceptors (Lipinski definition) is 4. The van der Waals surface area contributed by atoms with Crippen LogP contribution in [0.15, 0.2) is 24.5 Å². The van der Waals surface area contributed by atoms with E-state index in [1.165, 1.54) is 12.4 Å². The third-order valence-electron chi connectivity index (χ3n) is 4.20. The van der Waals surface area contributed by atoms with Crippen LogP contribution in [0.2, 0.25) is 5.15 Å². The van der Waals surface area contributed by atoms with Crippen molar-refractivity contribution in [2.45, 2.75) is 32.6 Å². The number of fused-ring (bicyclic) bond motifs is 1. The molecule has 0 aliphatic carbocycles. The first-order valence-electron chi connectivity index (χ1n) is 7.78.